The quantitative estimate of drug-likeness (QED) is 0.481. The third-order valence-corrected chi connectivity index (χ3v) is 4.59. The second-order valence-corrected chi connectivity index (χ2v) is 8.08. The van der Waals surface area contributed by atoms with Gasteiger partial charge in [0.25, 0.3) is 0 Å². The number of rotatable bonds is 4. The molecule has 1 amide bonds. The van der Waals surface area contributed by atoms with Gasteiger partial charge in [0, 0.05) is 11.9 Å². The molecule has 1 N–H and O–H groups in total. The molecule has 0 atom stereocenters. The molecule has 0 bridgehead atoms. The van der Waals surface area contributed by atoms with E-state index in [0.29, 0.717) is 11.5 Å². The minimum absolute atomic E-state index is 0.489. The second kappa shape index (κ2) is 8.10. The van der Waals surface area contributed by atoms with Crippen LogP contribution in [0.2, 0.25) is 0 Å². The van der Waals surface area contributed by atoms with Gasteiger partial charge in [-0.3, -0.25) is 9.72 Å². The fourth-order valence-corrected chi connectivity index (χ4v) is 3.27. The van der Waals surface area contributed by atoms with Crippen molar-refractivity contribution >= 4 is 17.4 Å². The van der Waals surface area contributed by atoms with Crippen LogP contribution in [0.1, 0.15) is 20.8 Å². The highest BCUT2D eigenvalue weighted by atomic mass is 16.6. The van der Waals surface area contributed by atoms with E-state index >= 15 is 0 Å². The minimum Gasteiger partial charge on any atom is -0.496 e. The summed E-state index contributed by atoms with van der Waals surface area (Å²) in [6.45, 7) is 5.49. The van der Waals surface area contributed by atoms with Crippen molar-refractivity contribution < 1.29 is 14.3 Å². The van der Waals surface area contributed by atoms with Gasteiger partial charge in [-0.15, -0.1) is 10.2 Å². The van der Waals surface area contributed by atoms with E-state index in [9.17, 15) is 4.79 Å². The van der Waals surface area contributed by atoms with Gasteiger partial charge in [0.2, 0.25) is 0 Å². The molecule has 0 aliphatic heterocycles. The SMILES string of the molecule is COc1ccccc1-c1nnc2ccc(-c3cccc(NC(=O)OC(C)(C)C)c3)cn12. The van der Waals surface area contributed by atoms with Crippen LogP contribution in [-0.4, -0.2) is 33.4 Å². The van der Waals surface area contributed by atoms with Gasteiger partial charge >= 0.3 is 6.09 Å². The predicted molar refractivity (Wildman–Crippen MR) is 120 cm³/mol. The lowest BCUT2D eigenvalue weighted by molar-refractivity contribution is 0.0636. The summed E-state index contributed by atoms with van der Waals surface area (Å²) in [6.07, 6.45) is 1.49. The third kappa shape index (κ3) is 4.50. The number of hydrogen-bond donors (Lipinski definition) is 1. The first-order valence-corrected chi connectivity index (χ1v) is 9.93. The highest BCUT2D eigenvalue weighted by molar-refractivity contribution is 5.86. The summed E-state index contributed by atoms with van der Waals surface area (Å²) >= 11 is 0. The highest BCUT2D eigenvalue weighted by Crippen LogP contribution is 2.30. The molecule has 4 aromatic rings. The maximum Gasteiger partial charge on any atom is 0.412 e. The number of para-hydroxylation sites is 1. The average molecular weight is 416 g/mol. The van der Waals surface area contributed by atoms with E-state index in [0.717, 1.165) is 28.1 Å². The first-order chi connectivity index (χ1) is 14.8. The summed E-state index contributed by atoms with van der Waals surface area (Å²) in [6, 6.07) is 19.2. The molecular formula is C24H24N4O3. The van der Waals surface area contributed by atoms with Gasteiger partial charge in [-0.2, -0.15) is 0 Å². The molecule has 31 heavy (non-hydrogen) atoms. The van der Waals surface area contributed by atoms with Crippen molar-refractivity contribution in [1.29, 1.82) is 0 Å². The first-order valence-electron chi connectivity index (χ1n) is 9.93. The van der Waals surface area contributed by atoms with Gasteiger partial charge < -0.3 is 9.47 Å². The van der Waals surface area contributed by atoms with Crippen LogP contribution in [-0.2, 0) is 4.74 Å². The van der Waals surface area contributed by atoms with E-state index in [1.54, 1.807) is 7.11 Å². The van der Waals surface area contributed by atoms with Crippen molar-refractivity contribution in [3.05, 3.63) is 66.9 Å². The van der Waals surface area contributed by atoms with E-state index in [-0.39, 0.29) is 0 Å². The van der Waals surface area contributed by atoms with Gasteiger partial charge in [0.1, 0.15) is 11.4 Å². The molecule has 7 nitrogen and oxygen atoms in total. The van der Waals surface area contributed by atoms with Crippen LogP contribution >= 0.6 is 0 Å². The summed E-state index contributed by atoms with van der Waals surface area (Å²) in [5.74, 6) is 1.42. The second-order valence-electron chi connectivity index (χ2n) is 8.08. The lowest BCUT2D eigenvalue weighted by Crippen LogP contribution is -2.27. The van der Waals surface area contributed by atoms with E-state index in [4.69, 9.17) is 9.47 Å². The highest BCUT2D eigenvalue weighted by Gasteiger charge is 2.17. The number of fused-ring (bicyclic) bond motifs is 1. The fourth-order valence-electron chi connectivity index (χ4n) is 3.27. The monoisotopic (exact) mass is 416 g/mol. The molecule has 0 fully saturated rings. The summed E-state index contributed by atoms with van der Waals surface area (Å²) in [5.41, 5.74) is 3.57. The molecule has 7 heteroatoms. The van der Waals surface area contributed by atoms with E-state index < -0.39 is 11.7 Å². The zero-order chi connectivity index (χ0) is 22.0. The molecule has 0 aliphatic carbocycles. The molecule has 4 rings (SSSR count). The lowest BCUT2D eigenvalue weighted by Gasteiger charge is -2.19. The predicted octanol–water partition coefficient (Wildman–Crippen LogP) is 5.42. The molecule has 0 aliphatic rings. The molecule has 0 spiro atoms. The number of nitrogens with one attached hydrogen (secondary N) is 1. The molecule has 2 aromatic carbocycles. The molecule has 2 aromatic heterocycles. The number of anilines is 1. The fraction of sp³-hybridized carbons (Fsp3) is 0.208. The molecule has 0 radical (unpaired) electrons. The number of carbonyl (C=O) groups excluding carboxylic acids is 1. The molecule has 158 valence electrons. The normalized spacial score (nSPS) is 11.4. The van der Waals surface area contributed by atoms with Crippen LogP contribution in [0, 0.1) is 0 Å². The Balaban J connectivity index is 1.69. The van der Waals surface area contributed by atoms with Crippen LogP contribution in [0.5, 0.6) is 5.75 Å². The van der Waals surface area contributed by atoms with Crippen molar-refractivity contribution in [1.82, 2.24) is 14.6 Å². The van der Waals surface area contributed by atoms with Crippen LogP contribution in [0.15, 0.2) is 66.9 Å². The van der Waals surface area contributed by atoms with Crippen LogP contribution in [0.25, 0.3) is 28.2 Å². The number of aromatic nitrogens is 3. The Bertz CT molecular complexity index is 1240. The minimum atomic E-state index is -0.559. The molecule has 0 saturated carbocycles. The number of ether oxygens (including phenoxy) is 2. The number of amides is 1. The summed E-state index contributed by atoms with van der Waals surface area (Å²) < 4.78 is 12.8. The van der Waals surface area contributed by atoms with Crippen LogP contribution < -0.4 is 10.1 Å². The van der Waals surface area contributed by atoms with Gasteiger partial charge in [-0.1, -0.05) is 24.3 Å². The topological polar surface area (TPSA) is 77.8 Å². The van der Waals surface area contributed by atoms with Gasteiger partial charge in [-0.05, 0) is 68.3 Å². The number of carbonyl (C=O) groups is 1. The Kier molecular flexibility index (Phi) is 5.33. The van der Waals surface area contributed by atoms with Crippen molar-refractivity contribution in [2.45, 2.75) is 26.4 Å². The van der Waals surface area contributed by atoms with E-state index in [1.807, 2.05) is 92.0 Å². The number of methoxy groups -OCH3 is 1. The summed E-state index contributed by atoms with van der Waals surface area (Å²) in [4.78, 5) is 12.1. The number of nitrogens with zero attached hydrogens (tertiary/aromatic N) is 3. The maximum absolute atomic E-state index is 12.1. The van der Waals surface area contributed by atoms with Gasteiger partial charge in [0.05, 0.1) is 12.7 Å². The summed E-state index contributed by atoms with van der Waals surface area (Å²) in [5, 5.41) is 11.4. The Morgan fingerprint density at radius 2 is 1.77 bits per heavy atom. The van der Waals surface area contributed by atoms with Gasteiger partial charge in [0.15, 0.2) is 11.5 Å². The van der Waals surface area contributed by atoms with Crippen molar-refractivity contribution in [2.24, 2.45) is 0 Å². The number of pyridine rings is 1. The molecule has 0 saturated heterocycles. The van der Waals surface area contributed by atoms with Crippen LogP contribution in [0.4, 0.5) is 10.5 Å². The van der Waals surface area contributed by atoms with Crippen molar-refractivity contribution in [3.63, 3.8) is 0 Å². The number of hydrogen-bond acceptors (Lipinski definition) is 5. The molecular weight excluding hydrogens is 392 g/mol. The Labute approximate surface area is 180 Å². The Hall–Kier alpha value is -3.87. The van der Waals surface area contributed by atoms with Crippen molar-refractivity contribution in [2.75, 3.05) is 12.4 Å². The zero-order valence-electron chi connectivity index (χ0n) is 17.9. The Morgan fingerprint density at radius 3 is 2.55 bits per heavy atom. The third-order valence-electron chi connectivity index (χ3n) is 4.59. The Morgan fingerprint density at radius 1 is 0.968 bits per heavy atom. The largest absolute Gasteiger partial charge is 0.496 e. The standard InChI is InChI=1S/C24H24N4O3/c1-24(2,3)31-23(29)25-18-9-7-8-16(14-18)17-12-13-21-26-27-22(28(21)15-17)19-10-5-6-11-20(19)30-4/h5-15H,1-4H3,(H,25,29). The maximum atomic E-state index is 12.1. The van der Waals surface area contributed by atoms with E-state index in [1.165, 1.54) is 0 Å². The van der Waals surface area contributed by atoms with Crippen LogP contribution in [0.3, 0.4) is 0 Å². The van der Waals surface area contributed by atoms with Crippen molar-refractivity contribution in [3.8, 4) is 28.3 Å². The lowest BCUT2D eigenvalue weighted by atomic mass is 10.1. The summed E-state index contributed by atoms with van der Waals surface area (Å²) in [7, 11) is 1.64. The van der Waals surface area contributed by atoms with E-state index in [2.05, 4.69) is 15.5 Å². The smallest absolute Gasteiger partial charge is 0.412 e. The average Bonchev–Trinajstić information content (AvgIpc) is 3.15. The number of benzene rings is 2. The zero-order valence-corrected chi connectivity index (χ0v) is 17.9. The first kappa shape index (κ1) is 20.4. The molecule has 0 unspecified atom stereocenters. The van der Waals surface area contributed by atoms with Gasteiger partial charge in [-0.25, -0.2) is 4.79 Å². The molecule has 2 heterocycles.